The zero-order valence-electron chi connectivity index (χ0n) is 17.6. The van der Waals surface area contributed by atoms with Crippen molar-refractivity contribution in [2.24, 2.45) is 5.92 Å². The van der Waals surface area contributed by atoms with Crippen LogP contribution in [0.5, 0.6) is 5.75 Å². The standard InChI is InChI=1S/C18H25N3O4.C2HF3O2/c1-14(22)20-11-17(23)21-8-9-25-18(13-21)6-2-4-15(18)12-24-16-5-3-7-19-10-16;3-2(4,5)1(6)7/h3,5,7,10,15H,2,4,6,8-9,11-13H2,1H3,(H,20,22);(H,6,7)/t15-,18-;/m1./s1. The van der Waals surface area contributed by atoms with E-state index in [0.717, 1.165) is 25.0 Å². The van der Waals surface area contributed by atoms with Gasteiger partial charge in [-0.2, -0.15) is 13.2 Å². The molecular formula is C20H26F3N3O6. The highest BCUT2D eigenvalue weighted by Crippen LogP contribution is 2.41. The number of ether oxygens (including phenoxy) is 2. The number of aliphatic carboxylic acids is 1. The number of alkyl halides is 3. The summed E-state index contributed by atoms with van der Waals surface area (Å²) in [7, 11) is 0. The molecule has 1 spiro atoms. The van der Waals surface area contributed by atoms with Gasteiger partial charge in [-0.05, 0) is 31.4 Å². The highest BCUT2D eigenvalue weighted by molar-refractivity contribution is 5.83. The molecule has 2 heterocycles. The first-order valence-corrected chi connectivity index (χ1v) is 10.0. The number of pyridine rings is 1. The number of nitrogens with one attached hydrogen (secondary N) is 1. The highest BCUT2D eigenvalue weighted by atomic mass is 19.4. The maximum atomic E-state index is 12.3. The van der Waals surface area contributed by atoms with Gasteiger partial charge in [0.05, 0.1) is 38.1 Å². The molecule has 1 aromatic heterocycles. The maximum Gasteiger partial charge on any atom is 0.490 e. The Hall–Kier alpha value is -2.89. The van der Waals surface area contributed by atoms with E-state index in [1.54, 1.807) is 12.4 Å². The van der Waals surface area contributed by atoms with Gasteiger partial charge in [0.15, 0.2) is 0 Å². The van der Waals surface area contributed by atoms with E-state index in [4.69, 9.17) is 19.4 Å². The lowest BCUT2D eigenvalue weighted by atomic mass is 9.89. The second-order valence-electron chi connectivity index (χ2n) is 7.53. The number of halogens is 3. The monoisotopic (exact) mass is 461 g/mol. The molecule has 2 aliphatic rings. The summed E-state index contributed by atoms with van der Waals surface area (Å²) in [6.07, 6.45) is 1.35. The topological polar surface area (TPSA) is 118 Å². The van der Waals surface area contributed by atoms with Crippen molar-refractivity contribution in [3.63, 3.8) is 0 Å². The molecule has 2 amide bonds. The molecular weight excluding hydrogens is 435 g/mol. The first kappa shape index (κ1) is 25.4. The number of hydrogen-bond acceptors (Lipinski definition) is 6. The number of carboxylic acid groups (broad SMARTS) is 1. The minimum Gasteiger partial charge on any atom is -0.492 e. The van der Waals surface area contributed by atoms with Gasteiger partial charge in [0.2, 0.25) is 11.8 Å². The molecule has 2 atom stereocenters. The second kappa shape index (κ2) is 11.1. The Balaban J connectivity index is 0.000000451. The van der Waals surface area contributed by atoms with E-state index in [0.29, 0.717) is 26.3 Å². The number of carbonyl (C=O) groups excluding carboxylic acids is 2. The fraction of sp³-hybridized carbons (Fsp3) is 0.600. The number of rotatable bonds is 5. The molecule has 0 bridgehead atoms. The molecule has 0 unspecified atom stereocenters. The third-order valence-corrected chi connectivity index (χ3v) is 5.28. The summed E-state index contributed by atoms with van der Waals surface area (Å²) < 4.78 is 43.8. The van der Waals surface area contributed by atoms with Crippen LogP contribution in [0.4, 0.5) is 13.2 Å². The van der Waals surface area contributed by atoms with E-state index in [9.17, 15) is 22.8 Å². The van der Waals surface area contributed by atoms with Crippen LogP contribution in [0.1, 0.15) is 26.2 Å². The van der Waals surface area contributed by atoms with Crippen molar-refractivity contribution >= 4 is 17.8 Å². The minimum absolute atomic E-state index is 0.0439. The lowest BCUT2D eigenvalue weighted by Crippen LogP contribution is -2.57. The van der Waals surface area contributed by atoms with Crippen molar-refractivity contribution < 1.29 is 42.1 Å². The van der Waals surface area contributed by atoms with Crippen LogP contribution < -0.4 is 10.1 Å². The number of hydrogen-bond donors (Lipinski definition) is 2. The van der Waals surface area contributed by atoms with Crippen LogP contribution in [0.25, 0.3) is 0 Å². The number of aromatic nitrogens is 1. The SMILES string of the molecule is CC(=O)NCC(=O)N1CCO[C@]2(CCC[C@@H]2COc2cccnc2)C1.O=C(O)C(F)(F)F. The van der Waals surface area contributed by atoms with Crippen molar-refractivity contribution in [1.82, 2.24) is 15.2 Å². The molecule has 32 heavy (non-hydrogen) atoms. The van der Waals surface area contributed by atoms with E-state index < -0.39 is 12.1 Å². The number of nitrogens with zero attached hydrogens (tertiary/aromatic N) is 2. The summed E-state index contributed by atoms with van der Waals surface area (Å²) in [6, 6.07) is 3.74. The quantitative estimate of drug-likeness (QED) is 0.684. The van der Waals surface area contributed by atoms with Crippen molar-refractivity contribution in [3.8, 4) is 5.75 Å². The molecule has 0 radical (unpaired) electrons. The van der Waals surface area contributed by atoms with Crippen molar-refractivity contribution in [1.29, 1.82) is 0 Å². The van der Waals surface area contributed by atoms with Gasteiger partial charge in [-0.1, -0.05) is 0 Å². The molecule has 0 aromatic carbocycles. The van der Waals surface area contributed by atoms with Crippen molar-refractivity contribution in [3.05, 3.63) is 24.5 Å². The van der Waals surface area contributed by atoms with Gasteiger partial charge in [0, 0.05) is 25.6 Å². The van der Waals surface area contributed by atoms with Crippen LogP contribution in [-0.4, -0.2) is 77.4 Å². The Morgan fingerprint density at radius 1 is 1.41 bits per heavy atom. The van der Waals surface area contributed by atoms with E-state index in [1.165, 1.54) is 6.92 Å². The Morgan fingerprint density at radius 2 is 2.12 bits per heavy atom. The molecule has 1 saturated carbocycles. The summed E-state index contributed by atoms with van der Waals surface area (Å²) in [5, 5.41) is 9.70. The lowest BCUT2D eigenvalue weighted by Gasteiger charge is -2.44. The predicted molar refractivity (Wildman–Crippen MR) is 105 cm³/mol. The Bertz CT molecular complexity index is 793. The van der Waals surface area contributed by atoms with Crippen LogP contribution >= 0.6 is 0 Å². The molecule has 2 fully saturated rings. The van der Waals surface area contributed by atoms with Crippen LogP contribution in [-0.2, 0) is 19.1 Å². The van der Waals surface area contributed by atoms with E-state index in [-0.39, 0.29) is 29.9 Å². The third-order valence-electron chi connectivity index (χ3n) is 5.28. The van der Waals surface area contributed by atoms with Gasteiger partial charge in [-0.15, -0.1) is 0 Å². The summed E-state index contributed by atoms with van der Waals surface area (Å²) in [5.41, 5.74) is -0.341. The van der Waals surface area contributed by atoms with Crippen molar-refractivity contribution in [2.45, 2.75) is 38.0 Å². The molecule has 178 valence electrons. The molecule has 1 aliphatic carbocycles. The Labute approximate surface area is 182 Å². The molecule has 9 nitrogen and oxygen atoms in total. The number of amides is 2. The first-order valence-electron chi connectivity index (χ1n) is 10.0. The van der Waals surface area contributed by atoms with Gasteiger partial charge in [0.25, 0.3) is 0 Å². The van der Waals surface area contributed by atoms with Gasteiger partial charge in [-0.3, -0.25) is 14.6 Å². The fourth-order valence-corrected chi connectivity index (χ4v) is 3.71. The van der Waals surface area contributed by atoms with Crippen LogP contribution in [0, 0.1) is 5.92 Å². The molecule has 1 aromatic rings. The number of carbonyl (C=O) groups is 3. The van der Waals surface area contributed by atoms with E-state index >= 15 is 0 Å². The van der Waals surface area contributed by atoms with Crippen LogP contribution in [0.15, 0.2) is 24.5 Å². The average Bonchev–Trinajstić information content (AvgIpc) is 3.12. The highest BCUT2D eigenvalue weighted by Gasteiger charge is 2.48. The summed E-state index contributed by atoms with van der Waals surface area (Å²) >= 11 is 0. The first-order chi connectivity index (χ1) is 15.0. The Kier molecular flexibility index (Phi) is 8.81. The summed E-state index contributed by atoms with van der Waals surface area (Å²) in [5.74, 6) is -2.02. The zero-order valence-corrected chi connectivity index (χ0v) is 17.6. The largest absolute Gasteiger partial charge is 0.492 e. The third kappa shape index (κ3) is 7.36. The van der Waals surface area contributed by atoms with Crippen molar-refractivity contribution in [2.75, 3.05) is 32.8 Å². The maximum absolute atomic E-state index is 12.3. The minimum atomic E-state index is -5.08. The van der Waals surface area contributed by atoms with Gasteiger partial charge in [-0.25, -0.2) is 4.79 Å². The molecule has 2 N–H and O–H groups in total. The van der Waals surface area contributed by atoms with Crippen LogP contribution in [0.3, 0.4) is 0 Å². The number of morpholine rings is 1. The van der Waals surface area contributed by atoms with Gasteiger partial charge >= 0.3 is 12.1 Å². The van der Waals surface area contributed by atoms with E-state index in [2.05, 4.69) is 10.3 Å². The number of carboxylic acids is 1. The molecule has 12 heteroatoms. The molecule has 3 rings (SSSR count). The normalized spacial score (nSPS) is 22.6. The average molecular weight is 461 g/mol. The van der Waals surface area contributed by atoms with Crippen LogP contribution in [0.2, 0.25) is 0 Å². The van der Waals surface area contributed by atoms with E-state index in [1.807, 2.05) is 17.0 Å². The smallest absolute Gasteiger partial charge is 0.490 e. The fourth-order valence-electron chi connectivity index (χ4n) is 3.71. The summed E-state index contributed by atoms with van der Waals surface area (Å²) in [6.45, 7) is 3.66. The molecule has 1 aliphatic heterocycles. The zero-order chi connectivity index (χ0) is 23.8. The van der Waals surface area contributed by atoms with Gasteiger partial charge in [0.1, 0.15) is 5.75 Å². The Morgan fingerprint density at radius 3 is 2.72 bits per heavy atom. The second-order valence-corrected chi connectivity index (χ2v) is 7.53. The molecule has 1 saturated heterocycles. The summed E-state index contributed by atoms with van der Waals surface area (Å²) in [4.78, 5) is 38.1. The lowest BCUT2D eigenvalue weighted by molar-refractivity contribution is -0.192. The van der Waals surface area contributed by atoms with Gasteiger partial charge < -0.3 is 24.8 Å². The predicted octanol–water partition coefficient (Wildman–Crippen LogP) is 1.63.